The summed E-state index contributed by atoms with van der Waals surface area (Å²) in [5.41, 5.74) is 0. The number of aromatic nitrogens is 3. The molecule has 1 unspecified atom stereocenters. The summed E-state index contributed by atoms with van der Waals surface area (Å²) in [6.07, 6.45) is 18.7. The molecule has 0 amide bonds. The van der Waals surface area contributed by atoms with Crippen molar-refractivity contribution in [2.75, 3.05) is 0 Å². The van der Waals surface area contributed by atoms with Crippen LogP contribution in [0.2, 0.25) is 0 Å². The van der Waals surface area contributed by atoms with E-state index in [4.69, 9.17) is 0 Å². The summed E-state index contributed by atoms with van der Waals surface area (Å²) in [5, 5.41) is 9.26. The van der Waals surface area contributed by atoms with Crippen LogP contribution in [0.25, 0.3) is 0 Å². The lowest BCUT2D eigenvalue weighted by molar-refractivity contribution is 0.558. The van der Waals surface area contributed by atoms with E-state index in [0.717, 1.165) is 5.92 Å². The van der Waals surface area contributed by atoms with Crippen molar-refractivity contribution in [2.45, 2.75) is 52.9 Å². The van der Waals surface area contributed by atoms with E-state index >= 15 is 0 Å². The molecule has 1 aromatic heterocycles. The highest BCUT2D eigenvalue weighted by Gasteiger charge is 2.02. The molecule has 1 aromatic rings. The van der Waals surface area contributed by atoms with Crippen LogP contribution in [0.3, 0.4) is 0 Å². The van der Waals surface area contributed by atoms with Crippen molar-refractivity contribution in [2.24, 2.45) is 5.92 Å². The topological polar surface area (TPSA) is 41.6 Å². The molecule has 0 saturated heterocycles. The van der Waals surface area contributed by atoms with Crippen LogP contribution in [0, 0.1) is 5.92 Å². The normalized spacial score (nSPS) is 16.3. The molecule has 1 N–H and O–H groups in total. The highest BCUT2D eigenvalue weighted by atomic mass is 15.3. The molecule has 0 fully saturated rings. The average Bonchev–Trinajstić information content (AvgIpc) is 2.98. The molecule has 3 nitrogen and oxygen atoms in total. The van der Waals surface area contributed by atoms with Gasteiger partial charge in [0, 0.05) is 6.20 Å². The van der Waals surface area contributed by atoms with Gasteiger partial charge in [0.05, 0.1) is 6.20 Å². The zero-order valence-corrected chi connectivity index (χ0v) is 12.0. The summed E-state index contributed by atoms with van der Waals surface area (Å²) >= 11 is 0. The molecule has 0 radical (unpaired) electrons. The first-order chi connectivity index (χ1) is 8.85. The van der Waals surface area contributed by atoms with Crippen LogP contribution in [0.4, 0.5) is 0 Å². The van der Waals surface area contributed by atoms with Gasteiger partial charge >= 0.3 is 0 Å². The second-order valence-corrected chi connectivity index (χ2v) is 4.32. The van der Waals surface area contributed by atoms with Crippen molar-refractivity contribution in [3.8, 4) is 0 Å². The van der Waals surface area contributed by atoms with E-state index in [0.29, 0.717) is 0 Å². The molecular formula is C15H27N3. The third kappa shape index (κ3) is 11.1. The molecule has 2 rings (SSSR count). The minimum Gasteiger partial charge on any atom is -0.266 e. The van der Waals surface area contributed by atoms with Gasteiger partial charge in [-0.1, -0.05) is 69.6 Å². The van der Waals surface area contributed by atoms with Gasteiger partial charge in [-0.05, 0) is 18.8 Å². The van der Waals surface area contributed by atoms with Gasteiger partial charge in [-0.3, -0.25) is 5.10 Å². The van der Waals surface area contributed by atoms with Crippen LogP contribution >= 0.6 is 0 Å². The Morgan fingerprint density at radius 1 is 1.22 bits per heavy atom. The van der Waals surface area contributed by atoms with Crippen LogP contribution in [0.1, 0.15) is 52.9 Å². The SMILES string of the molecule is CCC.CCCCC1C=CC=CC1.c1c[nH]nn1. The predicted molar refractivity (Wildman–Crippen MR) is 78.3 cm³/mol. The van der Waals surface area contributed by atoms with Gasteiger partial charge in [0.1, 0.15) is 0 Å². The summed E-state index contributed by atoms with van der Waals surface area (Å²) in [4.78, 5) is 0. The third-order valence-electron chi connectivity index (χ3n) is 2.33. The molecule has 3 heteroatoms. The van der Waals surface area contributed by atoms with Gasteiger partial charge in [-0.15, -0.1) is 5.10 Å². The Labute approximate surface area is 111 Å². The lowest BCUT2D eigenvalue weighted by atomic mass is 9.95. The van der Waals surface area contributed by atoms with Crippen molar-refractivity contribution < 1.29 is 0 Å². The zero-order valence-electron chi connectivity index (χ0n) is 12.0. The number of hydrogen-bond acceptors (Lipinski definition) is 2. The van der Waals surface area contributed by atoms with E-state index in [9.17, 15) is 0 Å². The molecule has 1 heterocycles. The van der Waals surface area contributed by atoms with Crippen LogP contribution in [0.15, 0.2) is 36.7 Å². The first-order valence-corrected chi connectivity index (χ1v) is 6.98. The summed E-state index contributed by atoms with van der Waals surface area (Å²) in [7, 11) is 0. The van der Waals surface area contributed by atoms with Gasteiger partial charge < -0.3 is 0 Å². The molecule has 1 aliphatic rings. The smallest absolute Gasteiger partial charge is 0.0690 e. The Hall–Kier alpha value is -1.38. The molecular weight excluding hydrogens is 222 g/mol. The van der Waals surface area contributed by atoms with E-state index in [-0.39, 0.29) is 0 Å². The maximum Gasteiger partial charge on any atom is 0.0690 e. The van der Waals surface area contributed by atoms with Gasteiger partial charge in [-0.2, -0.15) is 0 Å². The molecule has 18 heavy (non-hydrogen) atoms. The first-order valence-electron chi connectivity index (χ1n) is 6.98. The van der Waals surface area contributed by atoms with Crippen LogP contribution in [0.5, 0.6) is 0 Å². The summed E-state index contributed by atoms with van der Waals surface area (Å²) in [6, 6.07) is 0. The molecule has 0 bridgehead atoms. The van der Waals surface area contributed by atoms with E-state index in [1.165, 1.54) is 32.1 Å². The van der Waals surface area contributed by atoms with E-state index in [1.54, 1.807) is 12.4 Å². The van der Waals surface area contributed by atoms with E-state index < -0.39 is 0 Å². The minimum atomic E-state index is 0.838. The second kappa shape index (κ2) is 13.7. The van der Waals surface area contributed by atoms with Crippen molar-refractivity contribution in [1.29, 1.82) is 0 Å². The van der Waals surface area contributed by atoms with Crippen LogP contribution < -0.4 is 0 Å². The summed E-state index contributed by atoms with van der Waals surface area (Å²) in [5.74, 6) is 0.838. The fraction of sp³-hybridized carbons (Fsp3) is 0.600. The average molecular weight is 249 g/mol. The number of nitrogens with zero attached hydrogens (tertiary/aromatic N) is 2. The van der Waals surface area contributed by atoms with Crippen molar-refractivity contribution in [3.63, 3.8) is 0 Å². The standard InChI is InChI=1S/C10H16.C3H8.C2H3N3/c1-2-3-7-10-8-5-4-6-9-10;1-3-2;1-2-4-5-3-1/h4-6,8,10H,2-3,7,9H2,1H3;3H2,1-2H3;1-2H,(H,3,4,5). The monoisotopic (exact) mass is 249 g/mol. The molecule has 0 aliphatic heterocycles. The third-order valence-corrected chi connectivity index (χ3v) is 2.33. The first kappa shape index (κ1) is 16.6. The zero-order chi connectivity index (χ0) is 13.5. The van der Waals surface area contributed by atoms with Crippen LogP contribution in [-0.4, -0.2) is 15.4 Å². The fourth-order valence-electron chi connectivity index (χ4n) is 1.48. The maximum atomic E-state index is 3.42. The highest BCUT2D eigenvalue weighted by molar-refractivity contribution is 5.10. The largest absolute Gasteiger partial charge is 0.266 e. The lowest BCUT2D eigenvalue weighted by Crippen LogP contribution is -1.96. The number of nitrogens with one attached hydrogen (secondary N) is 1. The van der Waals surface area contributed by atoms with E-state index in [2.05, 4.69) is 60.5 Å². The van der Waals surface area contributed by atoms with Gasteiger partial charge in [-0.25, -0.2) is 0 Å². The van der Waals surface area contributed by atoms with Crippen molar-refractivity contribution in [1.82, 2.24) is 15.4 Å². The molecule has 0 aromatic carbocycles. The summed E-state index contributed by atoms with van der Waals surface area (Å²) < 4.78 is 0. The second-order valence-electron chi connectivity index (χ2n) is 4.32. The van der Waals surface area contributed by atoms with Crippen molar-refractivity contribution >= 4 is 0 Å². The Kier molecular flexibility index (Phi) is 12.6. The fourth-order valence-corrected chi connectivity index (χ4v) is 1.48. The number of H-pyrrole nitrogens is 1. The van der Waals surface area contributed by atoms with Crippen LogP contribution in [-0.2, 0) is 0 Å². The molecule has 102 valence electrons. The number of aromatic amines is 1. The van der Waals surface area contributed by atoms with Crippen molar-refractivity contribution in [3.05, 3.63) is 36.7 Å². The molecule has 1 atom stereocenters. The molecule has 0 spiro atoms. The Balaban J connectivity index is 0.000000301. The van der Waals surface area contributed by atoms with Gasteiger partial charge in [0.2, 0.25) is 0 Å². The Bertz CT molecular complexity index is 271. The number of allylic oxidation sites excluding steroid dienone is 4. The maximum absolute atomic E-state index is 3.42. The molecule has 1 aliphatic carbocycles. The van der Waals surface area contributed by atoms with Gasteiger partial charge in [0.25, 0.3) is 0 Å². The molecule has 0 saturated carbocycles. The summed E-state index contributed by atoms with van der Waals surface area (Å²) in [6.45, 7) is 6.50. The lowest BCUT2D eigenvalue weighted by Gasteiger charge is -2.10. The predicted octanol–water partition coefficient (Wildman–Crippen LogP) is 4.53. The number of unbranched alkanes of at least 4 members (excludes halogenated alkanes) is 1. The Morgan fingerprint density at radius 3 is 2.39 bits per heavy atom. The van der Waals surface area contributed by atoms with Gasteiger partial charge in [0.15, 0.2) is 0 Å². The Morgan fingerprint density at radius 2 is 2.00 bits per heavy atom. The number of hydrogen-bond donors (Lipinski definition) is 1. The number of rotatable bonds is 3. The highest BCUT2D eigenvalue weighted by Crippen LogP contribution is 2.17. The van der Waals surface area contributed by atoms with E-state index in [1.807, 2.05) is 0 Å². The quantitative estimate of drug-likeness (QED) is 0.855. The minimum absolute atomic E-state index is 0.838.